The molecule has 0 bridgehead atoms. The van der Waals surface area contributed by atoms with Gasteiger partial charge in [-0.2, -0.15) is 0 Å². The molecule has 0 amide bonds. The van der Waals surface area contributed by atoms with Crippen LogP contribution in [0.25, 0.3) is 0 Å². The van der Waals surface area contributed by atoms with E-state index in [2.05, 4.69) is 0 Å². The van der Waals surface area contributed by atoms with Crippen molar-refractivity contribution in [2.75, 3.05) is 13.7 Å². The average Bonchev–Trinajstić information content (AvgIpc) is 3.08. The first-order chi connectivity index (χ1) is 16.2. The van der Waals surface area contributed by atoms with Crippen molar-refractivity contribution in [3.05, 3.63) is 65.2 Å². The number of ketones is 1. The lowest BCUT2D eigenvalue weighted by Crippen LogP contribution is -2.38. The van der Waals surface area contributed by atoms with E-state index in [1.807, 2.05) is 0 Å². The summed E-state index contributed by atoms with van der Waals surface area (Å²) >= 11 is 0. The SMILES string of the molecule is COc1cc(C2Oc3cc(C4(O)Oc5cc(O)cc(O)c5C4=O)ccc3OC2CO)ccc1O. The summed E-state index contributed by atoms with van der Waals surface area (Å²) < 4.78 is 22.5. The van der Waals surface area contributed by atoms with Crippen LogP contribution in [0.15, 0.2) is 48.5 Å². The summed E-state index contributed by atoms with van der Waals surface area (Å²) in [7, 11) is 1.40. The van der Waals surface area contributed by atoms with Crippen molar-refractivity contribution in [3.8, 4) is 40.2 Å². The van der Waals surface area contributed by atoms with Gasteiger partial charge >= 0.3 is 0 Å². The molecule has 2 aliphatic rings. The zero-order valence-corrected chi connectivity index (χ0v) is 17.8. The van der Waals surface area contributed by atoms with Gasteiger partial charge in [0.1, 0.15) is 22.8 Å². The Kier molecular flexibility index (Phi) is 4.92. The summed E-state index contributed by atoms with van der Waals surface area (Å²) in [6.07, 6.45) is -1.60. The third-order valence-electron chi connectivity index (χ3n) is 5.78. The number of benzene rings is 3. The van der Waals surface area contributed by atoms with Gasteiger partial charge < -0.3 is 44.5 Å². The largest absolute Gasteiger partial charge is 0.508 e. The van der Waals surface area contributed by atoms with Gasteiger partial charge in [0.2, 0.25) is 5.78 Å². The van der Waals surface area contributed by atoms with Crippen molar-refractivity contribution in [2.45, 2.75) is 18.0 Å². The Labute approximate surface area is 192 Å². The van der Waals surface area contributed by atoms with E-state index in [0.717, 1.165) is 12.1 Å². The van der Waals surface area contributed by atoms with Crippen LogP contribution in [-0.2, 0) is 5.79 Å². The number of carbonyl (C=O) groups is 1. The minimum absolute atomic E-state index is 0.000532. The third kappa shape index (κ3) is 3.23. The highest BCUT2D eigenvalue weighted by Gasteiger charge is 2.50. The molecule has 0 saturated carbocycles. The number of phenols is 3. The molecule has 176 valence electrons. The molecule has 2 heterocycles. The molecule has 10 heteroatoms. The van der Waals surface area contributed by atoms with Gasteiger partial charge in [0.25, 0.3) is 5.79 Å². The Morgan fingerprint density at radius 1 is 0.941 bits per heavy atom. The van der Waals surface area contributed by atoms with Crippen LogP contribution in [0.3, 0.4) is 0 Å². The molecule has 3 aromatic rings. The van der Waals surface area contributed by atoms with E-state index >= 15 is 0 Å². The fourth-order valence-corrected chi connectivity index (χ4v) is 4.09. The van der Waals surface area contributed by atoms with Gasteiger partial charge in [-0.05, 0) is 30.3 Å². The summed E-state index contributed by atoms with van der Waals surface area (Å²) in [5.41, 5.74) is 0.286. The molecular weight excluding hydrogens is 448 g/mol. The van der Waals surface area contributed by atoms with Gasteiger partial charge in [0, 0.05) is 23.3 Å². The van der Waals surface area contributed by atoms with Crippen molar-refractivity contribution >= 4 is 5.78 Å². The number of phenolic OH excluding ortho intramolecular Hbond substituents is 3. The first-order valence-corrected chi connectivity index (χ1v) is 10.2. The Morgan fingerprint density at radius 3 is 2.47 bits per heavy atom. The second-order valence-corrected chi connectivity index (χ2v) is 7.88. The van der Waals surface area contributed by atoms with Crippen molar-refractivity contribution in [1.82, 2.24) is 0 Å². The summed E-state index contributed by atoms with van der Waals surface area (Å²) in [6.45, 7) is -0.376. The maximum Gasteiger partial charge on any atom is 0.300 e. The summed E-state index contributed by atoms with van der Waals surface area (Å²) in [5.74, 6) is -3.87. The smallest absolute Gasteiger partial charge is 0.300 e. The van der Waals surface area contributed by atoms with Crippen molar-refractivity contribution < 1.29 is 49.3 Å². The van der Waals surface area contributed by atoms with E-state index in [4.69, 9.17) is 18.9 Å². The van der Waals surface area contributed by atoms with Crippen molar-refractivity contribution in [1.29, 1.82) is 0 Å². The lowest BCUT2D eigenvalue weighted by Gasteiger charge is -2.34. The maximum atomic E-state index is 12.9. The zero-order chi connectivity index (χ0) is 24.2. The van der Waals surface area contributed by atoms with E-state index < -0.39 is 29.5 Å². The number of methoxy groups -OCH3 is 1. The molecule has 3 unspecified atom stereocenters. The van der Waals surface area contributed by atoms with Gasteiger partial charge in [0.05, 0.1) is 13.7 Å². The van der Waals surface area contributed by atoms with Gasteiger partial charge in [0.15, 0.2) is 35.2 Å². The molecule has 3 atom stereocenters. The Balaban J connectivity index is 1.52. The topological polar surface area (TPSA) is 155 Å². The Hall–Kier alpha value is -4.15. The Bertz CT molecular complexity index is 1300. The van der Waals surface area contributed by atoms with Crippen LogP contribution in [0.1, 0.15) is 27.6 Å². The highest BCUT2D eigenvalue weighted by atomic mass is 16.6. The molecule has 0 aliphatic carbocycles. The van der Waals surface area contributed by atoms with Crippen LogP contribution in [0.2, 0.25) is 0 Å². The molecule has 0 spiro atoms. The van der Waals surface area contributed by atoms with Crippen LogP contribution in [0.4, 0.5) is 0 Å². The zero-order valence-electron chi connectivity index (χ0n) is 17.8. The molecule has 0 saturated heterocycles. The highest BCUT2D eigenvalue weighted by molar-refractivity contribution is 6.09. The summed E-state index contributed by atoms with van der Waals surface area (Å²) in [4.78, 5) is 12.9. The number of aliphatic hydroxyl groups excluding tert-OH is 1. The minimum atomic E-state index is -2.48. The van der Waals surface area contributed by atoms with Crippen molar-refractivity contribution in [3.63, 3.8) is 0 Å². The molecule has 0 fully saturated rings. The third-order valence-corrected chi connectivity index (χ3v) is 5.78. The normalized spacial score (nSPS) is 22.7. The average molecular weight is 468 g/mol. The first kappa shape index (κ1) is 21.7. The number of ether oxygens (including phenoxy) is 4. The second-order valence-electron chi connectivity index (χ2n) is 7.88. The van der Waals surface area contributed by atoms with Crippen LogP contribution >= 0.6 is 0 Å². The molecule has 3 aromatic carbocycles. The van der Waals surface area contributed by atoms with Gasteiger partial charge in [-0.25, -0.2) is 0 Å². The predicted octanol–water partition coefficient (Wildman–Crippen LogP) is 2.11. The van der Waals surface area contributed by atoms with Crippen LogP contribution < -0.4 is 18.9 Å². The number of aromatic hydroxyl groups is 3. The highest BCUT2D eigenvalue weighted by Crippen LogP contribution is 2.48. The summed E-state index contributed by atoms with van der Waals surface area (Å²) in [5, 5.41) is 50.6. The molecule has 0 radical (unpaired) electrons. The van der Waals surface area contributed by atoms with Gasteiger partial charge in [-0.1, -0.05) is 6.07 Å². The molecule has 10 nitrogen and oxygen atoms in total. The number of hydrogen-bond donors (Lipinski definition) is 5. The van der Waals surface area contributed by atoms with Gasteiger partial charge in [-0.15, -0.1) is 0 Å². The standard InChI is InChI=1S/C24H20O10/c1-31-17-6-11(2-4-14(17)27)22-20(10-25)32-16-5-3-12(7-18(16)33-22)24(30)23(29)21-15(28)8-13(26)9-19(21)34-24/h2-9,20,22,25-28,30H,10H2,1H3. The van der Waals surface area contributed by atoms with Crippen LogP contribution in [-0.4, -0.2) is 51.1 Å². The quantitative estimate of drug-likeness (QED) is 0.384. The number of fused-ring (bicyclic) bond motifs is 2. The van der Waals surface area contributed by atoms with E-state index in [1.54, 1.807) is 12.1 Å². The minimum Gasteiger partial charge on any atom is -0.508 e. The van der Waals surface area contributed by atoms with Crippen LogP contribution in [0, 0.1) is 0 Å². The van der Waals surface area contributed by atoms with E-state index in [-0.39, 0.29) is 52.2 Å². The number of hydrogen-bond acceptors (Lipinski definition) is 10. The monoisotopic (exact) mass is 468 g/mol. The first-order valence-electron chi connectivity index (χ1n) is 10.2. The Morgan fingerprint density at radius 2 is 1.74 bits per heavy atom. The van der Waals surface area contributed by atoms with Crippen LogP contribution in [0.5, 0.6) is 40.2 Å². The molecule has 5 rings (SSSR count). The lowest BCUT2D eigenvalue weighted by molar-refractivity contribution is -0.0964. The van der Waals surface area contributed by atoms with E-state index in [1.165, 1.54) is 31.4 Å². The fraction of sp³-hybridized carbons (Fsp3) is 0.208. The van der Waals surface area contributed by atoms with Gasteiger partial charge in [-0.3, -0.25) is 4.79 Å². The number of Topliss-reactive ketones (excluding diaryl/α,β-unsaturated/α-hetero) is 1. The summed E-state index contributed by atoms with van der Waals surface area (Å²) in [6, 6.07) is 10.8. The van der Waals surface area contributed by atoms with E-state index in [0.29, 0.717) is 5.56 Å². The molecule has 5 N–H and O–H groups in total. The fourth-order valence-electron chi connectivity index (χ4n) is 4.09. The lowest BCUT2D eigenvalue weighted by atomic mass is 9.97. The number of rotatable bonds is 4. The van der Waals surface area contributed by atoms with Crippen molar-refractivity contribution in [2.24, 2.45) is 0 Å². The number of aliphatic hydroxyl groups is 2. The maximum absolute atomic E-state index is 12.9. The predicted molar refractivity (Wildman–Crippen MR) is 115 cm³/mol. The number of carbonyl (C=O) groups excluding carboxylic acids is 1. The molecular formula is C24H20O10. The van der Waals surface area contributed by atoms with E-state index in [9.17, 15) is 30.3 Å². The molecule has 2 aliphatic heterocycles. The molecule has 0 aromatic heterocycles. The second kappa shape index (κ2) is 7.72. The molecule has 34 heavy (non-hydrogen) atoms.